The van der Waals surface area contributed by atoms with Gasteiger partial charge in [0.25, 0.3) is 0 Å². The predicted molar refractivity (Wildman–Crippen MR) is 170 cm³/mol. The molecule has 10 nitrogen and oxygen atoms in total. The second kappa shape index (κ2) is 13.4. The van der Waals surface area contributed by atoms with Crippen LogP contribution >= 0.6 is 0 Å². The molecular formula is C33H38N6O4. The normalized spacial score (nSPS) is 13.7. The van der Waals surface area contributed by atoms with E-state index in [0.717, 1.165) is 49.4 Å². The molecule has 43 heavy (non-hydrogen) atoms. The van der Waals surface area contributed by atoms with Crippen molar-refractivity contribution in [3.8, 4) is 17.2 Å². The number of likely N-dealkylation sites (N-methyl/N-ethyl adjacent to an activating group) is 1. The number of carbonyl (C=O) groups excluding carboxylic acids is 1. The smallest absolute Gasteiger partial charge is 0.425 e. The lowest BCUT2D eigenvalue weighted by atomic mass is 10.1. The van der Waals surface area contributed by atoms with E-state index >= 15 is 0 Å². The monoisotopic (exact) mass is 582 g/mol. The molecule has 2 heterocycles. The molecule has 1 saturated heterocycles. The molecule has 4 aromatic rings. The number of amides is 1. The number of aromatic nitrogens is 2. The molecule has 0 unspecified atom stereocenters. The van der Waals surface area contributed by atoms with E-state index in [-0.39, 0.29) is 0 Å². The van der Waals surface area contributed by atoms with Crippen LogP contribution in [-0.4, -0.2) is 68.4 Å². The van der Waals surface area contributed by atoms with Crippen molar-refractivity contribution in [3.63, 3.8) is 0 Å². The highest BCUT2D eigenvalue weighted by Crippen LogP contribution is 2.37. The van der Waals surface area contributed by atoms with Gasteiger partial charge in [-0.3, -0.25) is 0 Å². The van der Waals surface area contributed by atoms with Crippen LogP contribution in [0.4, 0.5) is 33.6 Å². The maximum Gasteiger partial charge on any atom is 0.425 e. The van der Waals surface area contributed by atoms with Gasteiger partial charge in [-0.25, -0.2) is 14.7 Å². The van der Waals surface area contributed by atoms with Crippen molar-refractivity contribution in [1.82, 2.24) is 14.9 Å². The zero-order valence-electron chi connectivity index (χ0n) is 25.3. The van der Waals surface area contributed by atoms with E-state index in [0.29, 0.717) is 34.7 Å². The molecule has 1 fully saturated rings. The minimum absolute atomic E-state index is 0.308. The number of hydrogen-bond acceptors (Lipinski definition) is 9. The summed E-state index contributed by atoms with van der Waals surface area (Å²) in [5.41, 5.74) is 4.14. The lowest BCUT2D eigenvalue weighted by Crippen LogP contribution is -2.31. The van der Waals surface area contributed by atoms with Crippen molar-refractivity contribution < 1.29 is 19.0 Å². The molecule has 0 radical (unpaired) electrons. The van der Waals surface area contributed by atoms with E-state index in [9.17, 15) is 4.79 Å². The Hall–Kier alpha value is -4.83. The van der Waals surface area contributed by atoms with Crippen molar-refractivity contribution in [2.24, 2.45) is 0 Å². The number of para-hydroxylation sites is 1. The molecule has 0 spiro atoms. The zero-order chi connectivity index (χ0) is 30.3. The molecule has 1 aliphatic heterocycles. The summed E-state index contributed by atoms with van der Waals surface area (Å²) in [5, 5.41) is 3.27. The molecule has 0 saturated carbocycles. The Morgan fingerprint density at radius 1 is 0.907 bits per heavy atom. The Balaban J connectivity index is 1.44. The zero-order valence-corrected chi connectivity index (χ0v) is 25.3. The van der Waals surface area contributed by atoms with Gasteiger partial charge in [0.05, 0.1) is 19.9 Å². The van der Waals surface area contributed by atoms with Gasteiger partial charge in [-0.05, 0) is 81.4 Å². The summed E-state index contributed by atoms with van der Waals surface area (Å²) in [6.07, 6.45) is 2.10. The third-order valence-electron chi connectivity index (χ3n) is 7.49. The first kappa shape index (κ1) is 29.7. The number of nitrogens with one attached hydrogen (secondary N) is 1. The van der Waals surface area contributed by atoms with Gasteiger partial charge in [0.1, 0.15) is 23.1 Å². The summed E-state index contributed by atoms with van der Waals surface area (Å²) in [5.74, 6) is 2.14. The predicted octanol–water partition coefficient (Wildman–Crippen LogP) is 6.33. The second-order valence-corrected chi connectivity index (χ2v) is 10.5. The molecule has 1 amide bonds. The van der Waals surface area contributed by atoms with Gasteiger partial charge < -0.3 is 29.3 Å². The molecule has 3 aromatic carbocycles. The van der Waals surface area contributed by atoms with Crippen molar-refractivity contribution in [1.29, 1.82) is 0 Å². The molecule has 10 heteroatoms. The van der Waals surface area contributed by atoms with E-state index in [4.69, 9.17) is 19.2 Å². The van der Waals surface area contributed by atoms with Gasteiger partial charge in [0, 0.05) is 49.3 Å². The summed E-state index contributed by atoms with van der Waals surface area (Å²) in [4.78, 5) is 29.1. The van der Waals surface area contributed by atoms with Gasteiger partial charge in [0.15, 0.2) is 0 Å². The van der Waals surface area contributed by atoms with Crippen LogP contribution in [0, 0.1) is 13.8 Å². The lowest BCUT2D eigenvalue weighted by Gasteiger charge is -2.24. The highest BCUT2D eigenvalue weighted by Gasteiger charge is 2.27. The van der Waals surface area contributed by atoms with Crippen LogP contribution in [0.2, 0.25) is 0 Å². The molecule has 0 bridgehead atoms. The molecular weight excluding hydrogens is 544 g/mol. The number of anilines is 5. The number of rotatable bonds is 8. The van der Waals surface area contributed by atoms with Crippen LogP contribution < -0.4 is 29.3 Å². The second-order valence-electron chi connectivity index (χ2n) is 10.5. The average Bonchev–Trinajstić information content (AvgIpc) is 3.24. The number of ether oxygens (including phenoxy) is 3. The van der Waals surface area contributed by atoms with Crippen molar-refractivity contribution >= 4 is 34.9 Å². The van der Waals surface area contributed by atoms with Crippen LogP contribution in [0.1, 0.15) is 17.5 Å². The molecule has 0 aliphatic carbocycles. The van der Waals surface area contributed by atoms with E-state index in [1.54, 1.807) is 37.6 Å². The third-order valence-corrected chi connectivity index (χ3v) is 7.49. The molecule has 0 atom stereocenters. The van der Waals surface area contributed by atoms with Gasteiger partial charge in [0.2, 0.25) is 5.95 Å². The number of hydrogen-bond donors (Lipinski definition) is 1. The quantitative estimate of drug-likeness (QED) is 0.256. The number of aryl methyl sites for hydroxylation is 2. The highest BCUT2D eigenvalue weighted by molar-refractivity contribution is 5.98. The van der Waals surface area contributed by atoms with E-state index < -0.39 is 6.09 Å². The fourth-order valence-corrected chi connectivity index (χ4v) is 5.10. The van der Waals surface area contributed by atoms with Crippen molar-refractivity contribution in [3.05, 3.63) is 84.1 Å². The fourth-order valence-electron chi connectivity index (χ4n) is 5.10. The third kappa shape index (κ3) is 6.98. The largest absolute Gasteiger partial charge is 0.497 e. The minimum atomic E-state index is -0.641. The molecule has 5 rings (SSSR count). The molecule has 1 aliphatic rings. The molecule has 224 valence electrons. The Kier molecular flexibility index (Phi) is 9.26. The van der Waals surface area contributed by atoms with E-state index in [1.807, 2.05) is 44.2 Å². The fraction of sp³-hybridized carbons (Fsp3) is 0.303. The Labute approximate surface area is 252 Å². The summed E-state index contributed by atoms with van der Waals surface area (Å²) < 4.78 is 17.0. The number of carbonyl (C=O) groups is 1. The van der Waals surface area contributed by atoms with Crippen molar-refractivity contribution in [2.45, 2.75) is 20.3 Å². The number of nitrogens with zero attached hydrogens (tertiary/aromatic N) is 5. The summed E-state index contributed by atoms with van der Waals surface area (Å²) in [6, 6.07) is 20.8. The minimum Gasteiger partial charge on any atom is -0.497 e. The van der Waals surface area contributed by atoms with Gasteiger partial charge in [-0.2, -0.15) is 4.98 Å². The summed E-state index contributed by atoms with van der Waals surface area (Å²) in [6.45, 7) is 7.99. The van der Waals surface area contributed by atoms with E-state index in [1.165, 1.54) is 17.7 Å². The maximum atomic E-state index is 13.9. The number of benzene rings is 3. The van der Waals surface area contributed by atoms with Crippen LogP contribution in [-0.2, 0) is 0 Å². The van der Waals surface area contributed by atoms with Crippen molar-refractivity contribution in [2.75, 3.05) is 62.6 Å². The van der Waals surface area contributed by atoms with Gasteiger partial charge in [-0.1, -0.05) is 18.2 Å². The van der Waals surface area contributed by atoms with Crippen LogP contribution in [0.3, 0.4) is 0 Å². The summed E-state index contributed by atoms with van der Waals surface area (Å²) in [7, 11) is 5.27. The molecule has 1 N–H and O–H groups in total. The first-order valence-corrected chi connectivity index (χ1v) is 14.3. The van der Waals surface area contributed by atoms with Crippen LogP contribution in [0.15, 0.2) is 72.9 Å². The van der Waals surface area contributed by atoms with Crippen LogP contribution in [0.25, 0.3) is 0 Å². The molecule has 1 aromatic heterocycles. The first-order valence-electron chi connectivity index (χ1n) is 14.3. The lowest BCUT2D eigenvalue weighted by molar-refractivity contribution is 0.209. The first-order chi connectivity index (χ1) is 20.9. The van der Waals surface area contributed by atoms with Crippen LogP contribution in [0.5, 0.6) is 17.2 Å². The Morgan fingerprint density at radius 3 is 2.40 bits per heavy atom. The Bertz CT molecular complexity index is 1540. The Morgan fingerprint density at radius 2 is 1.67 bits per heavy atom. The standard InChI is InChI=1S/C33H38N6O4/c1-23-8-6-9-24(2)31(23)43-33(40)39(28-15-14-27(41-4)22-29(28)42-5)30-16-17-34-32(36-30)35-25-10-12-26(13-11-25)38-19-7-18-37(3)20-21-38/h6,8-17,22H,7,18-21H2,1-5H3,(H,34,35,36). The topological polar surface area (TPSA) is 92.3 Å². The van der Waals surface area contributed by atoms with E-state index in [2.05, 4.69) is 39.3 Å². The average molecular weight is 583 g/mol. The summed E-state index contributed by atoms with van der Waals surface area (Å²) >= 11 is 0. The SMILES string of the molecule is COc1ccc(N(C(=O)Oc2c(C)cccc2C)c2ccnc(Nc3ccc(N4CCCN(C)CC4)cc3)n2)c(OC)c1. The maximum absolute atomic E-state index is 13.9. The number of methoxy groups -OCH3 is 2. The van der Waals surface area contributed by atoms with Gasteiger partial charge in [-0.15, -0.1) is 0 Å². The van der Waals surface area contributed by atoms with Gasteiger partial charge >= 0.3 is 6.09 Å². The highest BCUT2D eigenvalue weighted by atomic mass is 16.6.